The number of para-hydroxylation sites is 1. The van der Waals surface area contributed by atoms with Gasteiger partial charge in [0.05, 0.1) is 0 Å². The van der Waals surface area contributed by atoms with Gasteiger partial charge in [0.1, 0.15) is 11.2 Å². The van der Waals surface area contributed by atoms with E-state index in [1.165, 1.54) is 5.39 Å². The number of hydrogen-bond donors (Lipinski definition) is 0. The van der Waals surface area contributed by atoms with Crippen molar-refractivity contribution < 1.29 is 4.42 Å². The van der Waals surface area contributed by atoms with Crippen LogP contribution in [0.25, 0.3) is 88.4 Å². The molecule has 3 heterocycles. The van der Waals surface area contributed by atoms with E-state index in [0.717, 1.165) is 65.6 Å². The molecular weight excluding hydrogens is 528 g/mol. The van der Waals surface area contributed by atoms with Gasteiger partial charge in [-0.15, -0.1) is 0 Å². The van der Waals surface area contributed by atoms with Crippen molar-refractivity contribution in [3.63, 3.8) is 0 Å². The minimum Gasteiger partial charge on any atom is -0.456 e. The van der Waals surface area contributed by atoms with E-state index < -0.39 is 0 Å². The quantitative estimate of drug-likeness (QED) is 0.205. The molecule has 0 saturated heterocycles. The summed E-state index contributed by atoms with van der Waals surface area (Å²) >= 11 is 0. The zero-order chi connectivity index (χ0) is 28.3. The Labute approximate surface area is 246 Å². The predicted octanol–water partition coefficient (Wildman–Crippen LogP) is 9.63. The molecule has 0 amide bonds. The fourth-order valence-electron chi connectivity index (χ4n) is 6.25. The number of aromatic nitrogens is 4. The van der Waals surface area contributed by atoms with Crippen LogP contribution in [0, 0.1) is 0 Å². The number of benzene rings is 6. The number of furan rings is 1. The van der Waals surface area contributed by atoms with Crippen molar-refractivity contribution in [1.29, 1.82) is 0 Å². The summed E-state index contributed by atoms with van der Waals surface area (Å²) in [5.74, 6) is 1.84. The van der Waals surface area contributed by atoms with Crippen LogP contribution < -0.4 is 0 Å². The monoisotopic (exact) mass is 550 g/mol. The van der Waals surface area contributed by atoms with Crippen molar-refractivity contribution in [2.24, 2.45) is 0 Å². The van der Waals surface area contributed by atoms with Crippen molar-refractivity contribution >= 4 is 54.3 Å². The van der Waals surface area contributed by atoms with Crippen LogP contribution in [0.2, 0.25) is 0 Å². The first kappa shape index (κ1) is 23.7. The molecule has 5 nitrogen and oxygen atoms in total. The lowest BCUT2D eigenvalue weighted by Gasteiger charge is -2.14. The zero-order valence-electron chi connectivity index (χ0n) is 22.9. The standard InChI is InChI=1S/C38H22N4O/c1-2-9-23(10-3-1)36-40-37(30-14-8-16-33-35(30)29-13-6-7-15-32(29)43-33)42-38(41-36)31-21-24-11-4-5-12-26(24)28-18-17-25-22-39-20-19-27(25)34(28)31/h1-22H. The average molecular weight is 551 g/mol. The molecule has 5 heteroatoms. The van der Waals surface area contributed by atoms with Crippen LogP contribution >= 0.6 is 0 Å². The number of rotatable bonds is 3. The Hall–Kier alpha value is -5.94. The van der Waals surface area contributed by atoms with Gasteiger partial charge in [0, 0.05) is 50.6 Å². The molecule has 200 valence electrons. The molecule has 0 aliphatic rings. The molecule has 0 aliphatic heterocycles. The second-order valence-corrected chi connectivity index (χ2v) is 10.7. The van der Waals surface area contributed by atoms with Crippen molar-refractivity contribution in [3.05, 3.63) is 134 Å². The van der Waals surface area contributed by atoms with E-state index in [2.05, 4.69) is 65.6 Å². The van der Waals surface area contributed by atoms with Crippen LogP contribution in [0.1, 0.15) is 0 Å². The first-order valence-corrected chi connectivity index (χ1v) is 14.2. The fourth-order valence-corrected chi connectivity index (χ4v) is 6.25. The number of fused-ring (bicyclic) bond motifs is 8. The van der Waals surface area contributed by atoms with E-state index in [0.29, 0.717) is 17.5 Å². The Morgan fingerprint density at radius 1 is 0.442 bits per heavy atom. The molecule has 0 atom stereocenters. The van der Waals surface area contributed by atoms with Gasteiger partial charge in [0.2, 0.25) is 0 Å². The SMILES string of the molecule is c1ccc(-c2nc(-c3cccc4oc5ccccc5c34)nc(-c3cc4ccccc4c4ccc5cnccc5c34)n2)cc1. The van der Waals surface area contributed by atoms with Crippen molar-refractivity contribution in [2.75, 3.05) is 0 Å². The van der Waals surface area contributed by atoms with Crippen LogP contribution in [-0.2, 0) is 0 Å². The summed E-state index contributed by atoms with van der Waals surface area (Å²) in [5, 5.41) is 8.77. The van der Waals surface area contributed by atoms with Gasteiger partial charge in [-0.05, 0) is 45.8 Å². The van der Waals surface area contributed by atoms with Gasteiger partial charge < -0.3 is 4.42 Å². The van der Waals surface area contributed by atoms with Gasteiger partial charge in [-0.25, -0.2) is 15.0 Å². The number of pyridine rings is 1. The summed E-state index contributed by atoms with van der Waals surface area (Å²) in [4.78, 5) is 19.8. The van der Waals surface area contributed by atoms with Gasteiger partial charge in [-0.2, -0.15) is 0 Å². The Balaban J connectivity index is 1.42. The van der Waals surface area contributed by atoms with E-state index >= 15 is 0 Å². The molecule has 0 unspecified atom stereocenters. The van der Waals surface area contributed by atoms with Gasteiger partial charge in [0.25, 0.3) is 0 Å². The molecule has 0 bridgehead atoms. The van der Waals surface area contributed by atoms with Gasteiger partial charge in [-0.3, -0.25) is 4.98 Å². The molecule has 0 N–H and O–H groups in total. The third-order valence-electron chi connectivity index (χ3n) is 8.19. The highest BCUT2D eigenvalue weighted by molar-refractivity contribution is 6.22. The minimum atomic E-state index is 0.601. The Morgan fingerprint density at radius 2 is 1.19 bits per heavy atom. The molecule has 0 fully saturated rings. The van der Waals surface area contributed by atoms with E-state index in [1.807, 2.05) is 73.1 Å². The number of nitrogens with zero attached hydrogens (tertiary/aromatic N) is 4. The van der Waals surface area contributed by atoms with Crippen molar-refractivity contribution in [3.8, 4) is 34.2 Å². The summed E-state index contributed by atoms with van der Waals surface area (Å²) in [5.41, 5.74) is 4.42. The lowest BCUT2D eigenvalue weighted by Crippen LogP contribution is -2.01. The second kappa shape index (κ2) is 9.29. The molecular formula is C38H22N4O. The molecule has 0 aliphatic carbocycles. The maximum atomic E-state index is 6.22. The third kappa shape index (κ3) is 3.72. The molecule has 6 aromatic carbocycles. The molecule has 43 heavy (non-hydrogen) atoms. The van der Waals surface area contributed by atoms with Crippen LogP contribution in [0.4, 0.5) is 0 Å². The van der Waals surface area contributed by atoms with E-state index in [1.54, 1.807) is 0 Å². The van der Waals surface area contributed by atoms with Gasteiger partial charge >= 0.3 is 0 Å². The van der Waals surface area contributed by atoms with Gasteiger partial charge in [0.15, 0.2) is 17.5 Å². The third-order valence-corrected chi connectivity index (χ3v) is 8.19. The van der Waals surface area contributed by atoms with E-state index in [-0.39, 0.29) is 0 Å². The Kier molecular flexibility index (Phi) is 5.13. The predicted molar refractivity (Wildman–Crippen MR) is 174 cm³/mol. The summed E-state index contributed by atoms with van der Waals surface area (Å²) in [7, 11) is 0. The lowest BCUT2D eigenvalue weighted by molar-refractivity contribution is 0.669. The molecule has 3 aromatic heterocycles. The van der Waals surface area contributed by atoms with Crippen LogP contribution in [-0.4, -0.2) is 19.9 Å². The minimum absolute atomic E-state index is 0.601. The maximum Gasteiger partial charge on any atom is 0.164 e. The molecule has 0 spiro atoms. The van der Waals surface area contributed by atoms with Gasteiger partial charge in [-0.1, -0.05) is 97.1 Å². The fraction of sp³-hybridized carbons (Fsp3) is 0. The summed E-state index contributed by atoms with van der Waals surface area (Å²) in [6.45, 7) is 0. The number of hydrogen-bond acceptors (Lipinski definition) is 5. The first-order valence-electron chi connectivity index (χ1n) is 14.2. The second-order valence-electron chi connectivity index (χ2n) is 10.7. The Morgan fingerprint density at radius 3 is 2.09 bits per heavy atom. The molecule has 0 radical (unpaired) electrons. The molecule has 9 aromatic rings. The Bertz CT molecular complexity index is 2520. The highest BCUT2D eigenvalue weighted by atomic mass is 16.3. The largest absolute Gasteiger partial charge is 0.456 e. The average Bonchev–Trinajstić information content (AvgIpc) is 3.47. The highest BCUT2D eigenvalue weighted by Crippen LogP contribution is 2.40. The van der Waals surface area contributed by atoms with Crippen molar-refractivity contribution in [1.82, 2.24) is 19.9 Å². The van der Waals surface area contributed by atoms with Crippen LogP contribution in [0.15, 0.2) is 138 Å². The zero-order valence-corrected chi connectivity index (χ0v) is 22.9. The normalized spacial score (nSPS) is 11.7. The maximum absolute atomic E-state index is 6.22. The van der Waals surface area contributed by atoms with Crippen molar-refractivity contribution in [2.45, 2.75) is 0 Å². The van der Waals surface area contributed by atoms with Crippen LogP contribution in [0.3, 0.4) is 0 Å². The lowest BCUT2D eigenvalue weighted by atomic mass is 9.93. The highest BCUT2D eigenvalue weighted by Gasteiger charge is 2.20. The summed E-state index contributed by atoms with van der Waals surface area (Å²) in [6.07, 6.45) is 3.76. The first-order chi connectivity index (χ1) is 21.3. The van der Waals surface area contributed by atoms with E-state index in [9.17, 15) is 0 Å². The summed E-state index contributed by atoms with van der Waals surface area (Å²) < 4.78 is 6.22. The van der Waals surface area contributed by atoms with E-state index in [4.69, 9.17) is 19.4 Å². The smallest absolute Gasteiger partial charge is 0.164 e. The summed E-state index contributed by atoms with van der Waals surface area (Å²) in [6, 6.07) is 41.3. The van der Waals surface area contributed by atoms with Crippen LogP contribution in [0.5, 0.6) is 0 Å². The molecule has 9 rings (SSSR count). The topological polar surface area (TPSA) is 64.7 Å². The molecule has 0 saturated carbocycles.